The summed E-state index contributed by atoms with van der Waals surface area (Å²) in [5, 5.41) is 0. The highest BCUT2D eigenvalue weighted by atomic mass is 16.2. The SMILES string of the molecule is CC1CCN(C(=O)N2C=CN(C)C2)CC1. The standard InChI is InChI=1S/C11H19N3O/c1-10-3-5-13(6-4-10)11(15)14-8-7-12(2)9-14/h7-8,10H,3-6,9H2,1-2H3. The van der Waals surface area contributed by atoms with Crippen LogP contribution in [-0.2, 0) is 0 Å². The van der Waals surface area contributed by atoms with Gasteiger partial charge >= 0.3 is 6.03 Å². The van der Waals surface area contributed by atoms with Gasteiger partial charge < -0.3 is 9.80 Å². The van der Waals surface area contributed by atoms with Crippen LogP contribution in [0.2, 0.25) is 0 Å². The Bertz CT molecular complexity index is 269. The zero-order chi connectivity index (χ0) is 10.8. The van der Waals surface area contributed by atoms with Crippen LogP contribution in [0.15, 0.2) is 12.4 Å². The smallest absolute Gasteiger partial charge is 0.325 e. The molecule has 0 aromatic heterocycles. The van der Waals surface area contributed by atoms with Gasteiger partial charge in [0.05, 0.1) is 6.67 Å². The molecule has 15 heavy (non-hydrogen) atoms. The van der Waals surface area contributed by atoms with Gasteiger partial charge in [0, 0.05) is 32.5 Å². The average molecular weight is 209 g/mol. The highest BCUT2D eigenvalue weighted by Gasteiger charge is 2.25. The minimum absolute atomic E-state index is 0.155. The fourth-order valence-corrected chi connectivity index (χ4v) is 2.03. The van der Waals surface area contributed by atoms with Crippen molar-refractivity contribution in [2.24, 2.45) is 5.92 Å². The summed E-state index contributed by atoms with van der Waals surface area (Å²) in [4.78, 5) is 17.8. The van der Waals surface area contributed by atoms with E-state index >= 15 is 0 Å². The number of hydrogen-bond acceptors (Lipinski definition) is 2. The summed E-state index contributed by atoms with van der Waals surface area (Å²) in [6, 6.07) is 0.155. The predicted molar refractivity (Wildman–Crippen MR) is 59.0 cm³/mol. The highest BCUT2D eigenvalue weighted by molar-refractivity contribution is 5.75. The number of amides is 2. The zero-order valence-corrected chi connectivity index (χ0v) is 9.52. The van der Waals surface area contributed by atoms with Crippen molar-refractivity contribution in [2.75, 3.05) is 26.8 Å². The summed E-state index contributed by atoms with van der Waals surface area (Å²) >= 11 is 0. The normalized spacial score (nSPS) is 22.7. The largest absolute Gasteiger partial charge is 0.361 e. The third-order valence-electron chi connectivity index (χ3n) is 3.18. The molecule has 0 aromatic rings. The van der Waals surface area contributed by atoms with Gasteiger partial charge in [-0.1, -0.05) is 6.92 Å². The lowest BCUT2D eigenvalue weighted by Gasteiger charge is -2.32. The predicted octanol–water partition coefficient (Wildman–Crippen LogP) is 1.51. The van der Waals surface area contributed by atoms with E-state index in [4.69, 9.17) is 0 Å². The maximum Gasteiger partial charge on any atom is 0.325 e. The summed E-state index contributed by atoms with van der Waals surface area (Å²) in [5.41, 5.74) is 0. The van der Waals surface area contributed by atoms with Crippen molar-refractivity contribution in [3.8, 4) is 0 Å². The Labute approximate surface area is 91.1 Å². The van der Waals surface area contributed by atoms with Gasteiger partial charge in [0.1, 0.15) is 0 Å². The Kier molecular flexibility index (Phi) is 2.84. The summed E-state index contributed by atoms with van der Waals surface area (Å²) in [5.74, 6) is 0.769. The quantitative estimate of drug-likeness (QED) is 0.604. The van der Waals surface area contributed by atoms with Gasteiger partial charge in [0.2, 0.25) is 0 Å². The van der Waals surface area contributed by atoms with Gasteiger partial charge in [-0.15, -0.1) is 0 Å². The third kappa shape index (κ3) is 2.25. The van der Waals surface area contributed by atoms with E-state index in [-0.39, 0.29) is 6.03 Å². The van der Waals surface area contributed by atoms with Gasteiger partial charge in [0.15, 0.2) is 0 Å². The van der Waals surface area contributed by atoms with Crippen molar-refractivity contribution in [1.82, 2.24) is 14.7 Å². The van der Waals surface area contributed by atoms with Crippen molar-refractivity contribution >= 4 is 6.03 Å². The number of hydrogen-bond donors (Lipinski definition) is 0. The monoisotopic (exact) mass is 209 g/mol. The molecular formula is C11H19N3O. The summed E-state index contributed by atoms with van der Waals surface area (Å²) < 4.78 is 0. The minimum Gasteiger partial charge on any atom is -0.361 e. The number of likely N-dealkylation sites (tertiary alicyclic amines) is 1. The summed E-state index contributed by atoms with van der Waals surface area (Å²) in [7, 11) is 1.97. The van der Waals surface area contributed by atoms with Crippen molar-refractivity contribution in [3.63, 3.8) is 0 Å². The van der Waals surface area contributed by atoms with E-state index in [9.17, 15) is 4.79 Å². The van der Waals surface area contributed by atoms with Gasteiger partial charge in [-0.2, -0.15) is 0 Å². The minimum atomic E-state index is 0.155. The first-order valence-corrected chi connectivity index (χ1v) is 5.61. The van der Waals surface area contributed by atoms with E-state index in [1.807, 2.05) is 29.2 Å². The van der Waals surface area contributed by atoms with Crippen molar-refractivity contribution in [3.05, 3.63) is 12.4 Å². The molecule has 4 heteroatoms. The zero-order valence-electron chi connectivity index (χ0n) is 9.52. The summed E-state index contributed by atoms with van der Waals surface area (Å²) in [6.45, 7) is 4.76. The molecule has 1 saturated heterocycles. The van der Waals surface area contributed by atoms with Gasteiger partial charge in [-0.25, -0.2) is 4.79 Å². The van der Waals surface area contributed by atoms with Crippen LogP contribution in [0.4, 0.5) is 4.79 Å². The van der Waals surface area contributed by atoms with E-state index < -0.39 is 0 Å². The first-order valence-electron chi connectivity index (χ1n) is 5.61. The van der Waals surface area contributed by atoms with Crippen LogP contribution >= 0.6 is 0 Å². The Morgan fingerprint density at radius 1 is 1.27 bits per heavy atom. The van der Waals surface area contributed by atoms with Crippen LogP contribution in [0.25, 0.3) is 0 Å². The first kappa shape index (κ1) is 10.3. The number of nitrogens with zero attached hydrogens (tertiary/aromatic N) is 3. The van der Waals surface area contributed by atoms with E-state index in [1.54, 1.807) is 4.90 Å². The molecule has 0 atom stereocenters. The van der Waals surface area contributed by atoms with Crippen LogP contribution in [-0.4, -0.2) is 47.5 Å². The van der Waals surface area contributed by atoms with Crippen LogP contribution < -0.4 is 0 Å². The van der Waals surface area contributed by atoms with Gasteiger partial charge in [0.25, 0.3) is 0 Å². The molecule has 2 aliphatic heterocycles. The number of piperidine rings is 1. The van der Waals surface area contributed by atoms with E-state index in [1.165, 1.54) is 0 Å². The molecule has 0 bridgehead atoms. The van der Waals surface area contributed by atoms with Crippen LogP contribution in [0.1, 0.15) is 19.8 Å². The molecular weight excluding hydrogens is 190 g/mol. The van der Waals surface area contributed by atoms with Crippen molar-refractivity contribution in [2.45, 2.75) is 19.8 Å². The molecule has 0 saturated carbocycles. The van der Waals surface area contributed by atoms with E-state index in [2.05, 4.69) is 6.92 Å². The molecule has 0 spiro atoms. The second-order valence-corrected chi connectivity index (χ2v) is 4.62. The van der Waals surface area contributed by atoms with E-state index in [0.29, 0.717) is 6.67 Å². The number of rotatable bonds is 0. The summed E-state index contributed by atoms with van der Waals surface area (Å²) in [6.07, 6.45) is 6.07. The van der Waals surface area contributed by atoms with Crippen LogP contribution in [0.5, 0.6) is 0 Å². The number of urea groups is 1. The molecule has 2 heterocycles. The maximum atomic E-state index is 12.0. The molecule has 1 fully saturated rings. The van der Waals surface area contributed by atoms with E-state index in [0.717, 1.165) is 31.8 Å². The Hall–Kier alpha value is -1.19. The van der Waals surface area contributed by atoms with Crippen molar-refractivity contribution in [1.29, 1.82) is 0 Å². The lowest BCUT2D eigenvalue weighted by molar-refractivity contribution is 0.143. The third-order valence-corrected chi connectivity index (χ3v) is 3.18. The Morgan fingerprint density at radius 3 is 2.47 bits per heavy atom. The average Bonchev–Trinajstić information content (AvgIpc) is 2.65. The molecule has 4 nitrogen and oxygen atoms in total. The lowest BCUT2D eigenvalue weighted by atomic mass is 10.00. The van der Waals surface area contributed by atoms with Gasteiger partial charge in [-0.05, 0) is 18.8 Å². The number of carbonyl (C=O) groups is 1. The Balaban J connectivity index is 1.89. The molecule has 2 amide bonds. The molecule has 84 valence electrons. The molecule has 2 aliphatic rings. The topological polar surface area (TPSA) is 26.8 Å². The molecule has 0 radical (unpaired) electrons. The van der Waals surface area contributed by atoms with Crippen LogP contribution in [0.3, 0.4) is 0 Å². The fraction of sp³-hybridized carbons (Fsp3) is 0.727. The second kappa shape index (κ2) is 4.13. The first-order chi connectivity index (χ1) is 7.16. The maximum absolute atomic E-state index is 12.0. The molecule has 0 aliphatic carbocycles. The fourth-order valence-electron chi connectivity index (χ4n) is 2.03. The molecule has 0 unspecified atom stereocenters. The molecule has 0 N–H and O–H groups in total. The van der Waals surface area contributed by atoms with Crippen molar-refractivity contribution < 1.29 is 4.79 Å². The Morgan fingerprint density at radius 2 is 1.93 bits per heavy atom. The lowest BCUT2D eigenvalue weighted by Crippen LogP contribution is -2.45. The number of carbonyl (C=O) groups excluding carboxylic acids is 1. The highest BCUT2D eigenvalue weighted by Crippen LogP contribution is 2.18. The van der Waals surface area contributed by atoms with Gasteiger partial charge in [-0.3, -0.25) is 4.90 Å². The second-order valence-electron chi connectivity index (χ2n) is 4.62. The molecule has 0 aromatic carbocycles. The van der Waals surface area contributed by atoms with Crippen LogP contribution in [0, 0.1) is 5.92 Å². The molecule has 2 rings (SSSR count).